The minimum atomic E-state index is 0.0701. The molecular formula is C16H23N3. The summed E-state index contributed by atoms with van der Waals surface area (Å²) in [5.74, 6) is 0. The Hall–Kier alpha value is -1.61. The lowest BCUT2D eigenvalue weighted by Gasteiger charge is -2.25. The molecule has 1 aromatic heterocycles. The molecule has 3 heteroatoms. The standard InChI is InChI=1S/C16H23N3/c1-5-15(17)16(14-8-6-11(2)7-9-14)19-13(4)10-12(3)18-19/h6-10,15-16H,5,17H2,1-4H3. The van der Waals surface area contributed by atoms with Gasteiger partial charge >= 0.3 is 0 Å². The van der Waals surface area contributed by atoms with E-state index >= 15 is 0 Å². The summed E-state index contributed by atoms with van der Waals surface area (Å²) in [6.45, 7) is 8.33. The summed E-state index contributed by atoms with van der Waals surface area (Å²) in [4.78, 5) is 0. The predicted molar refractivity (Wildman–Crippen MR) is 79.3 cm³/mol. The number of nitrogens with two attached hydrogens (primary N) is 1. The van der Waals surface area contributed by atoms with E-state index in [-0.39, 0.29) is 12.1 Å². The maximum absolute atomic E-state index is 6.34. The molecule has 2 atom stereocenters. The predicted octanol–water partition coefficient (Wildman–Crippen LogP) is 3.14. The van der Waals surface area contributed by atoms with Gasteiger partial charge in [0.1, 0.15) is 0 Å². The van der Waals surface area contributed by atoms with Gasteiger partial charge in [-0.25, -0.2) is 0 Å². The molecule has 3 nitrogen and oxygen atoms in total. The van der Waals surface area contributed by atoms with Gasteiger partial charge in [-0.15, -0.1) is 0 Å². The zero-order valence-corrected chi connectivity index (χ0v) is 12.2. The van der Waals surface area contributed by atoms with Crippen molar-refractivity contribution in [3.8, 4) is 0 Å². The Kier molecular flexibility index (Phi) is 4.05. The fourth-order valence-electron chi connectivity index (χ4n) is 2.48. The quantitative estimate of drug-likeness (QED) is 0.914. The number of benzene rings is 1. The number of aryl methyl sites for hydroxylation is 3. The van der Waals surface area contributed by atoms with E-state index in [9.17, 15) is 0 Å². The van der Waals surface area contributed by atoms with Crippen LogP contribution in [0, 0.1) is 20.8 Å². The van der Waals surface area contributed by atoms with Crippen molar-refractivity contribution in [1.29, 1.82) is 0 Å². The van der Waals surface area contributed by atoms with Crippen LogP contribution in [-0.2, 0) is 0 Å². The largest absolute Gasteiger partial charge is 0.326 e. The molecule has 0 aliphatic carbocycles. The topological polar surface area (TPSA) is 43.8 Å². The smallest absolute Gasteiger partial charge is 0.0922 e. The lowest BCUT2D eigenvalue weighted by Crippen LogP contribution is -2.33. The summed E-state index contributed by atoms with van der Waals surface area (Å²) in [6, 6.07) is 10.9. The second-order valence-corrected chi connectivity index (χ2v) is 5.30. The van der Waals surface area contributed by atoms with Gasteiger partial charge in [0.15, 0.2) is 0 Å². The van der Waals surface area contributed by atoms with Crippen molar-refractivity contribution in [2.24, 2.45) is 5.73 Å². The molecule has 0 saturated carbocycles. The lowest BCUT2D eigenvalue weighted by atomic mass is 9.97. The van der Waals surface area contributed by atoms with Crippen LogP contribution < -0.4 is 5.73 Å². The number of hydrogen-bond acceptors (Lipinski definition) is 2. The van der Waals surface area contributed by atoms with Crippen molar-refractivity contribution in [3.05, 3.63) is 52.8 Å². The third-order valence-corrected chi connectivity index (χ3v) is 3.60. The summed E-state index contributed by atoms with van der Waals surface area (Å²) in [6.07, 6.45) is 0.927. The molecule has 102 valence electrons. The highest BCUT2D eigenvalue weighted by molar-refractivity contribution is 5.27. The normalized spacial score (nSPS) is 14.4. The molecule has 0 radical (unpaired) electrons. The Bertz CT molecular complexity index is 540. The Labute approximate surface area is 115 Å². The molecule has 19 heavy (non-hydrogen) atoms. The van der Waals surface area contributed by atoms with Crippen LogP contribution >= 0.6 is 0 Å². The molecule has 1 aromatic carbocycles. The van der Waals surface area contributed by atoms with Crippen LogP contribution in [-0.4, -0.2) is 15.8 Å². The van der Waals surface area contributed by atoms with Gasteiger partial charge in [-0.2, -0.15) is 5.10 Å². The second-order valence-electron chi connectivity index (χ2n) is 5.30. The van der Waals surface area contributed by atoms with Crippen LogP contribution in [0.4, 0.5) is 0 Å². The Morgan fingerprint density at radius 2 is 1.79 bits per heavy atom. The summed E-state index contributed by atoms with van der Waals surface area (Å²) in [7, 11) is 0. The fraction of sp³-hybridized carbons (Fsp3) is 0.438. The van der Waals surface area contributed by atoms with E-state index in [1.165, 1.54) is 11.1 Å². The first-order chi connectivity index (χ1) is 9.02. The lowest BCUT2D eigenvalue weighted by molar-refractivity contribution is 0.415. The Balaban J connectivity index is 2.47. The molecule has 2 unspecified atom stereocenters. The van der Waals surface area contributed by atoms with Gasteiger partial charge in [0.2, 0.25) is 0 Å². The average molecular weight is 257 g/mol. The highest BCUT2D eigenvalue weighted by Crippen LogP contribution is 2.24. The van der Waals surface area contributed by atoms with E-state index < -0.39 is 0 Å². The third-order valence-electron chi connectivity index (χ3n) is 3.60. The van der Waals surface area contributed by atoms with Gasteiger partial charge in [-0.1, -0.05) is 36.8 Å². The highest BCUT2D eigenvalue weighted by Gasteiger charge is 2.22. The van der Waals surface area contributed by atoms with Crippen LogP contribution in [0.5, 0.6) is 0 Å². The molecule has 0 spiro atoms. The molecule has 0 fully saturated rings. The van der Waals surface area contributed by atoms with Gasteiger partial charge in [0.05, 0.1) is 11.7 Å². The molecule has 0 bridgehead atoms. The molecule has 2 rings (SSSR count). The average Bonchev–Trinajstić information content (AvgIpc) is 2.71. The minimum Gasteiger partial charge on any atom is -0.326 e. The van der Waals surface area contributed by atoms with Gasteiger partial charge in [-0.05, 0) is 38.8 Å². The number of nitrogens with zero attached hydrogens (tertiary/aromatic N) is 2. The van der Waals surface area contributed by atoms with Crippen molar-refractivity contribution in [2.75, 3.05) is 0 Å². The van der Waals surface area contributed by atoms with Crippen LogP contribution in [0.25, 0.3) is 0 Å². The Morgan fingerprint density at radius 3 is 2.26 bits per heavy atom. The molecule has 0 aliphatic heterocycles. The number of aromatic nitrogens is 2. The maximum Gasteiger partial charge on any atom is 0.0922 e. The highest BCUT2D eigenvalue weighted by atomic mass is 15.3. The third kappa shape index (κ3) is 2.87. The first-order valence-corrected chi connectivity index (χ1v) is 6.87. The van der Waals surface area contributed by atoms with Crippen molar-refractivity contribution in [2.45, 2.75) is 46.2 Å². The van der Waals surface area contributed by atoms with Gasteiger partial charge in [0.25, 0.3) is 0 Å². The van der Waals surface area contributed by atoms with Crippen molar-refractivity contribution in [3.63, 3.8) is 0 Å². The van der Waals surface area contributed by atoms with E-state index in [0.29, 0.717) is 0 Å². The van der Waals surface area contributed by atoms with Crippen LogP contribution in [0.2, 0.25) is 0 Å². The van der Waals surface area contributed by atoms with Crippen molar-refractivity contribution in [1.82, 2.24) is 9.78 Å². The molecular weight excluding hydrogens is 234 g/mol. The zero-order valence-electron chi connectivity index (χ0n) is 12.2. The first kappa shape index (κ1) is 13.8. The van der Waals surface area contributed by atoms with Crippen LogP contribution in [0.15, 0.2) is 30.3 Å². The molecule has 2 N–H and O–H groups in total. The van der Waals surface area contributed by atoms with E-state index in [1.807, 2.05) is 6.92 Å². The van der Waals surface area contributed by atoms with E-state index in [0.717, 1.165) is 17.8 Å². The van der Waals surface area contributed by atoms with Gasteiger partial charge in [0, 0.05) is 11.7 Å². The molecule has 0 amide bonds. The summed E-state index contributed by atoms with van der Waals surface area (Å²) in [5, 5.41) is 4.62. The minimum absolute atomic E-state index is 0.0701. The van der Waals surface area contributed by atoms with Gasteiger partial charge in [-0.3, -0.25) is 4.68 Å². The monoisotopic (exact) mass is 257 g/mol. The van der Waals surface area contributed by atoms with Crippen LogP contribution in [0.1, 0.15) is 41.9 Å². The van der Waals surface area contributed by atoms with E-state index in [4.69, 9.17) is 5.73 Å². The van der Waals surface area contributed by atoms with Gasteiger partial charge < -0.3 is 5.73 Å². The first-order valence-electron chi connectivity index (χ1n) is 6.87. The van der Waals surface area contributed by atoms with Crippen LogP contribution in [0.3, 0.4) is 0 Å². The summed E-state index contributed by atoms with van der Waals surface area (Å²) < 4.78 is 2.06. The molecule has 0 saturated heterocycles. The molecule has 2 aromatic rings. The van der Waals surface area contributed by atoms with Crippen molar-refractivity contribution < 1.29 is 0 Å². The zero-order chi connectivity index (χ0) is 14.0. The SMILES string of the molecule is CCC(N)C(c1ccc(C)cc1)n1nc(C)cc1C. The van der Waals surface area contributed by atoms with E-state index in [1.54, 1.807) is 0 Å². The number of rotatable bonds is 4. The Morgan fingerprint density at radius 1 is 1.16 bits per heavy atom. The second kappa shape index (κ2) is 5.57. The molecule has 1 heterocycles. The maximum atomic E-state index is 6.34. The summed E-state index contributed by atoms with van der Waals surface area (Å²) in [5.41, 5.74) is 11.0. The fourth-order valence-corrected chi connectivity index (χ4v) is 2.48. The number of hydrogen-bond donors (Lipinski definition) is 1. The van der Waals surface area contributed by atoms with Crippen molar-refractivity contribution >= 4 is 0 Å². The molecule has 0 aliphatic rings. The van der Waals surface area contributed by atoms with E-state index in [2.05, 4.69) is 60.9 Å². The summed E-state index contributed by atoms with van der Waals surface area (Å²) >= 11 is 0.